The molecule has 1 aromatic heterocycles. The Balaban J connectivity index is 1.88. The van der Waals surface area contributed by atoms with Crippen LogP contribution in [0.2, 0.25) is 5.02 Å². The molecule has 0 unspecified atom stereocenters. The minimum absolute atomic E-state index is 0.0122. The zero-order valence-electron chi connectivity index (χ0n) is 14.8. The Kier molecular flexibility index (Phi) is 6.23. The van der Waals surface area contributed by atoms with Gasteiger partial charge in [-0.15, -0.1) is 10.2 Å². The normalized spacial score (nSPS) is 11.2. The predicted octanol–water partition coefficient (Wildman–Crippen LogP) is 4.27. The topological polar surface area (TPSA) is 101 Å². The SMILES string of the molecule is CSc1nnc(NC(=O)c2ccc(Cl)c(S(=O)(=O)Nc3ccccc3C)c2)s1. The Morgan fingerprint density at radius 1 is 1.18 bits per heavy atom. The van der Waals surface area contributed by atoms with E-state index in [-0.39, 0.29) is 15.5 Å². The van der Waals surface area contributed by atoms with E-state index in [1.807, 2.05) is 6.26 Å². The summed E-state index contributed by atoms with van der Waals surface area (Å²) in [6, 6.07) is 11.0. The molecule has 0 fully saturated rings. The summed E-state index contributed by atoms with van der Waals surface area (Å²) >= 11 is 8.74. The van der Waals surface area contributed by atoms with Gasteiger partial charge in [0, 0.05) is 5.56 Å². The Morgan fingerprint density at radius 3 is 2.61 bits per heavy atom. The zero-order chi connectivity index (χ0) is 20.3. The molecular weight excluding hydrogens is 440 g/mol. The summed E-state index contributed by atoms with van der Waals surface area (Å²) in [5, 5.41) is 10.7. The van der Waals surface area contributed by atoms with Gasteiger partial charge in [-0.2, -0.15) is 0 Å². The summed E-state index contributed by atoms with van der Waals surface area (Å²) in [4.78, 5) is 12.3. The first kappa shape index (κ1) is 20.6. The van der Waals surface area contributed by atoms with Crippen molar-refractivity contribution in [2.45, 2.75) is 16.2 Å². The van der Waals surface area contributed by atoms with Crippen LogP contribution in [0.1, 0.15) is 15.9 Å². The number of amides is 1. The second-order valence-electron chi connectivity index (χ2n) is 5.60. The molecule has 1 heterocycles. The van der Waals surface area contributed by atoms with Crippen molar-refractivity contribution >= 4 is 61.4 Å². The molecule has 3 aromatic rings. The van der Waals surface area contributed by atoms with Crippen LogP contribution in [0.3, 0.4) is 0 Å². The number of para-hydroxylation sites is 1. The zero-order valence-corrected chi connectivity index (χ0v) is 18.0. The number of benzene rings is 2. The largest absolute Gasteiger partial charge is 0.296 e. The molecule has 0 radical (unpaired) electrons. The van der Waals surface area contributed by atoms with Crippen molar-refractivity contribution in [2.24, 2.45) is 0 Å². The molecule has 1 amide bonds. The fourth-order valence-electron chi connectivity index (χ4n) is 2.25. The van der Waals surface area contributed by atoms with E-state index in [9.17, 15) is 13.2 Å². The molecule has 0 saturated carbocycles. The lowest BCUT2D eigenvalue weighted by Crippen LogP contribution is -2.17. The van der Waals surface area contributed by atoms with Gasteiger partial charge in [-0.25, -0.2) is 8.42 Å². The van der Waals surface area contributed by atoms with Gasteiger partial charge in [-0.05, 0) is 43.0 Å². The molecule has 0 aliphatic heterocycles. The van der Waals surface area contributed by atoms with Crippen LogP contribution in [0.15, 0.2) is 51.7 Å². The third-order valence-electron chi connectivity index (χ3n) is 3.67. The van der Waals surface area contributed by atoms with E-state index in [0.29, 0.717) is 15.2 Å². The summed E-state index contributed by atoms with van der Waals surface area (Å²) in [6.45, 7) is 1.79. The Bertz CT molecular complexity index is 1130. The maximum Gasteiger partial charge on any atom is 0.263 e. The van der Waals surface area contributed by atoms with Gasteiger partial charge in [0.2, 0.25) is 5.13 Å². The summed E-state index contributed by atoms with van der Waals surface area (Å²) in [7, 11) is -3.99. The summed E-state index contributed by atoms with van der Waals surface area (Å²) < 4.78 is 28.8. The fourth-order valence-corrected chi connectivity index (χ4v) is 5.07. The van der Waals surface area contributed by atoms with E-state index in [1.165, 1.54) is 41.3 Å². The molecule has 0 spiro atoms. The van der Waals surface area contributed by atoms with Crippen molar-refractivity contribution in [1.82, 2.24) is 10.2 Å². The maximum absolute atomic E-state index is 12.8. The standard InChI is InChI=1S/C17H15ClN4O3S3/c1-10-5-3-4-6-13(10)22-28(24,25)14-9-11(7-8-12(14)18)15(23)19-16-20-21-17(26-2)27-16/h3-9,22H,1-2H3,(H,19,20,23). The van der Waals surface area contributed by atoms with Crippen LogP contribution in [0.4, 0.5) is 10.8 Å². The summed E-state index contributed by atoms with van der Waals surface area (Å²) in [5.41, 5.74) is 1.33. The number of aryl methyl sites for hydroxylation is 1. The van der Waals surface area contributed by atoms with Crippen LogP contribution in [-0.4, -0.2) is 30.8 Å². The second kappa shape index (κ2) is 8.48. The highest BCUT2D eigenvalue weighted by Gasteiger charge is 2.21. The van der Waals surface area contributed by atoms with Gasteiger partial charge in [0.15, 0.2) is 4.34 Å². The van der Waals surface area contributed by atoms with E-state index in [2.05, 4.69) is 20.2 Å². The second-order valence-corrected chi connectivity index (χ2v) is 9.69. The van der Waals surface area contributed by atoms with E-state index in [1.54, 1.807) is 31.2 Å². The van der Waals surface area contributed by atoms with Crippen molar-refractivity contribution in [3.63, 3.8) is 0 Å². The smallest absolute Gasteiger partial charge is 0.263 e. The van der Waals surface area contributed by atoms with Crippen molar-refractivity contribution in [3.8, 4) is 0 Å². The maximum atomic E-state index is 12.8. The van der Waals surface area contributed by atoms with Crippen molar-refractivity contribution in [2.75, 3.05) is 16.3 Å². The molecule has 7 nitrogen and oxygen atoms in total. The highest BCUT2D eigenvalue weighted by Crippen LogP contribution is 2.27. The van der Waals surface area contributed by atoms with Crippen LogP contribution < -0.4 is 10.0 Å². The Morgan fingerprint density at radius 2 is 1.93 bits per heavy atom. The molecule has 0 bridgehead atoms. The molecule has 0 aliphatic carbocycles. The third kappa shape index (κ3) is 4.64. The number of thioether (sulfide) groups is 1. The Labute approximate surface area is 175 Å². The summed E-state index contributed by atoms with van der Waals surface area (Å²) in [5.74, 6) is -0.507. The number of halogens is 1. The lowest BCUT2D eigenvalue weighted by Gasteiger charge is -2.12. The van der Waals surface area contributed by atoms with Crippen LogP contribution in [-0.2, 0) is 10.0 Å². The van der Waals surface area contributed by atoms with E-state index >= 15 is 0 Å². The summed E-state index contributed by atoms with van der Waals surface area (Å²) in [6.07, 6.45) is 1.85. The number of hydrogen-bond acceptors (Lipinski definition) is 7. The minimum atomic E-state index is -3.99. The quantitative estimate of drug-likeness (QED) is 0.426. The minimum Gasteiger partial charge on any atom is -0.296 e. The van der Waals surface area contributed by atoms with Crippen molar-refractivity contribution in [3.05, 3.63) is 58.6 Å². The number of hydrogen-bond donors (Lipinski definition) is 2. The number of aromatic nitrogens is 2. The molecule has 0 aliphatic rings. The third-order valence-corrected chi connectivity index (χ3v) is 7.34. The van der Waals surface area contributed by atoms with Gasteiger partial charge in [0.1, 0.15) is 4.90 Å². The van der Waals surface area contributed by atoms with Gasteiger partial charge in [-0.3, -0.25) is 14.8 Å². The van der Waals surface area contributed by atoms with Crippen molar-refractivity contribution < 1.29 is 13.2 Å². The predicted molar refractivity (Wildman–Crippen MR) is 113 cm³/mol. The number of carbonyl (C=O) groups excluding carboxylic acids is 1. The molecule has 3 rings (SSSR count). The first-order valence-electron chi connectivity index (χ1n) is 7.87. The average Bonchev–Trinajstić information content (AvgIpc) is 3.11. The van der Waals surface area contributed by atoms with Gasteiger partial charge in [0.25, 0.3) is 15.9 Å². The van der Waals surface area contributed by atoms with Crippen LogP contribution in [0, 0.1) is 6.92 Å². The number of nitrogens with one attached hydrogen (secondary N) is 2. The van der Waals surface area contributed by atoms with Crippen LogP contribution >= 0.6 is 34.7 Å². The lowest BCUT2D eigenvalue weighted by molar-refractivity contribution is 0.102. The number of carbonyl (C=O) groups is 1. The fraction of sp³-hybridized carbons (Fsp3) is 0.118. The van der Waals surface area contributed by atoms with Gasteiger partial charge < -0.3 is 0 Å². The van der Waals surface area contributed by atoms with E-state index < -0.39 is 15.9 Å². The number of anilines is 2. The Hall–Kier alpha value is -2.14. The molecule has 146 valence electrons. The van der Waals surface area contributed by atoms with Crippen LogP contribution in [0.5, 0.6) is 0 Å². The van der Waals surface area contributed by atoms with E-state index in [0.717, 1.165) is 5.56 Å². The number of rotatable bonds is 6. The van der Waals surface area contributed by atoms with E-state index in [4.69, 9.17) is 11.6 Å². The first-order valence-corrected chi connectivity index (χ1v) is 11.8. The first-order chi connectivity index (χ1) is 13.3. The van der Waals surface area contributed by atoms with Gasteiger partial charge in [-0.1, -0.05) is 52.9 Å². The molecule has 0 atom stereocenters. The molecule has 11 heteroatoms. The van der Waals surface area contributed by atoms with Crippen LogP contribution in [0.25, 0.3) is 0 Å². The lowest BCUT2D eigenvalue weighted by atomic mass is 10.2. The average molecular weight is 455 g/mol. The molecule has 2 N–H and O–H groups in total. The highest BCUT2D eigenvalue weighted by atomic mass is 35.5. The van der Waals surface area contributed by atoms with Crippen molar-refractivity contribution in [1.29, 1.82) is 0 Å². The van der Waals surface area contributed by atoms with Gasteiger partial charge >= 0.3 is 0 Å². The monoisotopic (exact) mass is 454 g/mol. The number of sulfonamides is 1. The molecule has 28 heavy (non-hydrogen) atoms. The highest BCUT2D eigenvalue weighted by molar-refractivity contribution is 8.00. The van der Waals surface area contributed by atoms with Gasteiger partial charge in [0.05, 0.1) is 10.7 Å². The number of nitrogens with zero attached hydrogens (tertiary/aromatic N) is 2. The molecule has 0 saturated heterocycles. The molecule has 2 aromatic carbocycles. The molecular formula is C17H15ClN4O3S3.